The minimum atomic E-state index is -1.07. The molecule has 3 heteroatoms. The number of ether oxygens (including phenoxy) is 1. The van der Waals surface area contributed by atoms with Gasteiger partial charge in [0.25, 0.3) is 0 Å². The lowest BCUT2D eigenvalue weighted by atomic mass is 10.2. The van der Waals surface area contributed by atoms with Crippen molar-refractivity contribution in [1.29, 1.82) is 0 Å². The lowest BCUT2D eigenvalue weighted by molar-refractivity contribution is 0.130. The van der Waals surface area contributed by atoms with Gasteiger partial charge in [-0.1, -0.05) is 39.6 Å². The van der Waals surface area contributed by atoms with Gasteiger partial charge >= 0.3 is 0 Å². The molecule has 1 aliphatic heterocycles. The number of rotatable bonds is 6. The van der Waals surface area contributed by atoms with E-state index in [4.69, 9.17) is 4.74 Å². The molecule has 0 unspecified atom stereocenters. The fourth-order valence-electron chi connectivity index (χ4n) is 2.53. The predicted octanol–water partition coefficient (Wildman–Crippen LogP) is 4.12. The Morgan fingerprint density at radius 3 is 2.61 bits per heavy atom. The van der Waals surface area contributed by atoms with E-state index in [1.54, 1.807) is 5.70 Å². The highest BCUT2D eigenvalue weighted by atomic mass is 28.3. The summed E-state index contributed by atoms with van der Waals surface area (Å²) in [6, 6.07) is 0.607. The van der Waals surface area contributed by atoms with Crippen LogP contribution in [0, 0.1) is 0 Å². The highest BCUT2D eigenvalue weighted by Gasteiger charge is 2.27. The van der Waals surface area contributed by atoms with Gasteiger partial charge in [-0.3, -0.25) is 0 Å². The second-order valence-corrected chi connectivity index (χ2v) is 12.3. The summed E-state index contributed by atoms with van der Waals surface area (Å²) in [5.74, 6) is 0. The van der Waals surface area contributed by atoms with E-state index in [-0.39, 0.29) is 0 Å². The number of nitrogens with zero attached hydrogens (tertiary/aromatic N) is 1. The van der Waals surface area contributed by atoms with Crippen molar-refractivity contribution in [2.24, 2.45) is 0 Å². The van der Waals surface area contributed by atoms with E-state index in [2.05, 4.69) is 44.5 Å². The number of hydrogen-bond donors (Lipinski definition) is 0. The minimum absolute atomic E-state index is 0.607. The molecule has 1 heterocycles. The molecular weight excluding hydrogens is 238 g/mol. The molecule has 0 aromatic rings. The van der Waals surface area contributed by atoms with Crippen LogP contribution < -0.4 is 0 Å². The summed E-state index contributed by atoms with van der Waals surface area (Å²) in [6.07, 6.45) is 6.29. The SMILES string of the molecule is CC/C(=C/[C@H](C)[Si](C)(C)C)N1CCC[C@H]1COC. The van der Waals surface area contributed by atoms with E-state index in [9.17, 15) is 0 Å². The molecule has 2 nitrogen and oxygen atoms in total. The Kier molecular flexibility index (Phi) is 5.92. The van der Waals surface area contributed by atoms with Crippen molar-refractivity contribution < 1.29 is 4.74 Å². The number of allylic oxidation sites excluding steroid dienone is 2. The van der Waals surface area contributed by atoms with Crippen LogP contribution in [0.1, 0.15) is 33.1 Å². The van der Waals surface area contributed by atoms with Gasteiger partial charge in [0.1, 0.15) is 0 Å². The first-order chi connectivity index (χ1) is 8.40. The molecule has 106 valence electrons. The average Bonchev–Trinajstić information content (AvgIpc) is 2.73. The van der Waals surface area contributed by atoms with Crippen LogP contribution in [0.5, 0.6) is 0 Å². The largest absolute Gasteiger partial charge is 0.383 e. The van der Waals surface area contributed by atoms with Gasteiger partial charge < -0.3 is 9.64 Å². The molecule has 1 fully saturated rings. The minimum Gasteiger partial charge on any atom is -0.383 e. The maximum Gasteiger partial charge on any atom is 0.0666 e. The quantitative estimate of drug-likeness (QED) is 0.673. The lowest BCUT2D eigenvalue weighted by Crippen LogP contribution is -2.33. The Labute approximate surface area is 114 Å². The molecule has 1 rings (SSSR count). The fraction of sp³-hybridized carbons (Fsp3) is 0.867. The van der Waals surface area contributed by atoms with Crippen LogP contribution in [0.15, 0.2) is 11.8 Å². The molecule has 1 aliphatic rings. The Hall–Kier alpha value is -0.283. The van der Waals surface area contributed by atoms with Gasteiger partial charge in [-0.2, -0.15) is 0 Å². The van der Waals surface area contributed by atoms with Crippen molar-refractivity contribution in [3.63, 3.8) is 0 Å². The molecular formula is C15H31NOSi. The van der Waals surface area contributed by atoms with Crippen LogP contribution in [0.4, 0.5) is 0 Å². The van der Waals surface area contributed by atoms with Crippen LogP contribution in [-0.2, 0) is 4.74 Å². The smallest absolute Gasteiger partial charge is 0.0666 e. The molecule has 0 N–H and O–H groups in total. The number of hydrogen-bond acceptors (Lipinski definition) is 2. The maximum atomic E-state index is 5.36. The molecule has 0 saturated carbocycles. The van der Waals surface area contributed by atoms with Gasteiger partial charge in [0, 0.05) is 19.4 Å². The van der Waals surface area contributed by atoms with Gasteiger partial charge in [0.2, 0.25) is 0 Å². The van der Waals surface area contributed by atoms with E-state index in [0.717, 1.165) is 18.6 Å². The van der Waals surface area contributed by atoms with Crippen LogP contribution in [0.25, 0.3) is 0 Å². The number of methoxy groups -OCH3 is 1. The zero-order valence-electron chi connectivity index (χ0n) is 13.1. The van der Waals surface area contributed by atoms with Gasteiger partial charge in [0.05, 0.1) is 20.7 Å². The Bertz CT molecular complexity index is 283. The van der Waals surface area contributed by atoms with Gasteiger partial charge in [0.15, 0.2) is 0 Å². The van der Waals surface area contributed by atoms with Crippen LogP contribution in [0.3, 0.4) is 0 Å². The van der Waals surface area contributed by atoms with Crippen molar-refractivity contribution >= 4 is 8.07 Å². The van der Waals surface area contributed by atoms with Crippen molar-refractivity contribution in [2.45, 2.75) is 64.3 Å². The highest BCUT2D eigenvalue weighted by molar-refractivity contribution is 6.77. The molecule has 0 radical (unpaired) electrons. The monoisotopic (exact) mass is 269 g/mol. The summed E-state index contributed by atoms with van der Waals surface area (Å²) in [4.78, 5) is 2.60. The summed E-state index contributed by atoms with van der Waals surface area (Å²) in [7, 11) is 0.751. The third-order valence-corrected chi connectivity index (χ3v) is 7.17. The molecule has 0 bridgehead atoms. The summed E-state index contributed by atoms with van der Waals surface area (Å²) in [5.41, 5.74) is 2.29. The van der Waals surface area contributed by atoms with E-state index >= 15 is 0 Å². The van der Waals surface area contributed by atoms with Gasteiger partial charge in [-0.15, -0.1) is 0 Å². The predicted molar refractivity (Wildman–Crippen MR) is 82.7 cm³/mol. The van der Waals surface area contributed by atoms with E-state index in [0.29, 0.717) is 6.04 Å². The van der Waals surface area contributed by atoms with E-state index in [1.165, 1.54) is 19.4 Å². The van der Waals surface area contributed by atoms with Crippen molar-refractivity contribution in [3.05, 3.63) is 11.8 Å². The van der Waals surface area contributed by atoms with Crippen molar-refractivity contribution in [1.82, 2.24) is 4.90 Å². The third-order valence-electron chi connectivity index (χ3n) is 4.28. The summed E-state index contributed by atoms with van der Waals surface area (Å²) in [6.45, 7) is 14.1. The maximum absolute atomic E-state index is 5.36. The second-order valence-electron chi connectivity index (χ2n) is 6.61. The van der Waals surface area contributed by atoms with Gasteiger partial charge in [-0.05, 0) is 24.8 Å². The lowest BCUT2D eigenvalue weighted by Gasteiger charge is -2.31. The van der Waals surface area contributed by atoms with Crippen LogP contribution in [-0.4, -0.2) is 39.3 Å². The zero-order chi connectivity index (χ0) is 13.8. The zero-order valence-corrected chi connectivity index (χ0v) is 14.1. The Morgan fingerprint density at radius 1 is 1.44 bits per heavy atom. The summed E-state index contributed by atoms with van der Waals surface area (Å²) in [5, 5.41) is 0. The molecule has 0 aromatic carbocycles. The molecule has 18 heavy (non-hydrogen) atoms. The van der Waals surface area contributed by atoms with Crippen LogP contribution in [0.2, 0.25) is 25.2 Å². The Morgan fingerprint density at radius 2 is 2.11 bits per heavy atom. The highest BCUT2D eigenvalue weighted by Crippen LogP contribution is 2.29. The first-order valence-electron chi connectivity index (χ1n) is 7.36. The molecule has 2 atom stereocenters. The van der Waals surface area contributed by atoms with Crippen molar-refractivity contribution in [3.8, 4) is 0 Å². The molecule has 1 saturated heterocycles. The average molecular weight is 270 g/mol. The first kappa shape index (κ1) is 15.8. The normalized spacial score (nSPS) is 23.6. The molecule has 0 aromatic heterocycles. The summed E-state index contributed by atoms with van der Waals surface area (Å²) < 4.78 is 5.36. The molecule has 0 amide bonds. The second kappa shape index (κ2) is 6.76. The van der Waals surface area contributed by atoms with E-state index in [1.807, 2.05) is 7.11 Å². The van der Waals surface area contributed by atoms with Crippen LogP contribution >= 0.6 is 0 Å². The van der Waals surface area contributed by atoms with E-state index < -0.39 is 8.07 Å². The number of likely N-dealkylation sites (tertiary alicyclic amines) is 1. The standard InChI is InChI=1S/C15H31NOSi/c1-7-14(11-13(2)18(4,5)6)16-10-8-9-15(16)12-17-3/h11,13,15H,7-10,12H2,1-6H3/b14-11-/t13-,15-/m0/s1. The summed E-state index contributed by atoms with van der Waals surface area (Å²) >= 11 is 0. The van der Waals surface area contributed by atoms with Gasteiger partial charge in [-0.25, -0.2) is 0 Å². The fourth-order valence-corrected chi connectivity index (χ4v) is 3.23. The topological polar surface area (TPSA) is 12.5 Å². The Balaban J connectivity index is 2.79. The molecule has 0 aliphatic carbocycles. The first-order valence-corrected chi connectivity index (χ1v) is 10.9. The third kappa shape index (κ3) is 4.13. The molecule has 0 spiro atoms. The van der Waals surface area contributed by atoms with Crippen molar-refractivity contribution in [2.75, 3.05) is 20.3 Å².